The van der Waals surface area contributed by atoms with E-state index in [4.69, 9.17) is 4.74 Å². The summed E-state index contributed by atoms with van der Waals surface area (Å²) in [5.74, 6) is 3.43. The summed E-state index contributed by atoms with van der Waals surface area (Å²) in [5.41, 5.74) is 6.19. The first kappa shape index (κ1) is 22.9. The standard InChI is InChI=1S/C30H41NO2/c1-3-7-23-18-26-22(19-28(23)33-20-21-8-5-4-6-9-21)10-11-25-24(26)14-15-30(2)27(25)12-13-29(30)31-16-17-32/h4-6,8-9,18-19,24-25,27,29,31-32H,3,7,10-17,20H2,1-2H3. The molecule has 0 aliphatic heterocycles. The molecule has 5 unspecified atom stereocenters. The van der Waals surface area contributed by atoms with Gasteiger partial charge in [0.05, 0.1) is 6.61 Å². The van der Waals surface area contributed by atoms with Crippen LogP contribution in [0, 0.1) is 17.3 Å². The summed E-state index contributed by atoms with van der Waals surface area (Å²) in [4.78, 5) is 0. The lowest BCUT2D eigenvalue weighted by atomic mass is 9.55. The Morgan fingerprint density at radius 1 is 1.09 bits per heavy atom. The Bertz CT molecular complexity index is 942. The van der Waals surface area contributed by atoms with Crippen LogP contribution in [0.4, 0.5) is 0 Å². The SMILES string of the molecule is CCCc1cc2c(cc1OCc1ccccc1)CCC1C2CCC2(C)C(NCCO)CCC12. The number of benzene rings is 2. The zero-order chi connectivity index (χ0) is 22.8. The van der Waals surface area contributed by atoms with E-state index in [0.717, 1.165) is 37.0 Å². The van der Waals surface area contributed by atoms with E-state index >= 15 is 0 Å². The van der Waals surface area contributed by atoms with Gasteiger partial charge in [-0.2, -0.15) is 0 Å². The highest BCUT2D eigenvalue weighted by Crippen LogP contribution is 2.61. The molecule has 2 aromatic rings. The third-order valence-electron chi connectivity index (χ3n) is 9.16. The highest BCUT2D eigenvalue weighted by molar-refractivity contribution is 5.46. The molecule has 2 aromatic carbocycles. The Balaban J connectivity index is 1.38. The van der Waals surface area contributed by atoms with Gasteiger partial charge in [0.2, 0.25) is 0 Å². The molecular formula is C30H41NO2. The maximum Gasteiger partial charge on any atom is 0.123 e. The molecule has 0 aromatic heterocycles. The molecule has 2 N–H and O–H groups in total. The fourth-order valence-corrected chi connectivity index (χ4v) is 7.55. The van der Waals surface area contributed by atoms with E-state index in [9.17, 15) is 5.11 Å². The predicted molar refractivity (Wildman–Crippen MR) is 135 cm³/mol. The molecule has 3 aliphatic rings. The zero-order valence-corrected chi connectivity index (χ0v) is 20.5. The van der Waals surface area contributed by atoms with E-state index in [1.807, 2.05) is 0 Å². The van der Waals surface area contributed by atoms with Gasteiger partial charge in [0.25, 0.3) is 0 Å². The van der Waals surface area contributed by atoms with Crippen LogP contribution in [0.2, 0.25) is 0 Å². The lowest BCUT2D eigenvalue weighted by Crippen LogP contribution is -2.49. The van der Waals surface area contributed by atoms with Gasteiger partial charge < -0.3 is 15.2 Å². The van der Waals surface area contributed by atoms with Crippen molar-refractivity contribution < 1.29 is 9.84 Å². The molecule has 0 bridgehead atoms. The maximum atomic E-state index is 9.33. The Hall–Kier alpha value is -1.84. The molecular weight excluding hydrogens is 406 g/mol. The molecule has 0 radical (unpaired) electrons. The number of rotatable bonds is 8. The molecule has 0 heterocycles. The zero-order valence-electron chi connectivity index (χ0n) is 20.5. The number of aliphatic hydroxyl groups excluding tert-OH is 1. The number of nitrogens with one attached hydrogen (secondary N) is 1. The molecule has 2 fully saturated rings. The van der Waals surface area contributed by atoms with E-state index in [2.05, 4.69) is 61.6 Å². The second kappa shape index (κ2) is 9.80. The smallest absolute Gasteiger partial charge is 0.123 e. The minimum absolute atomic E-state index is 0.242. The second-order valence-corrected chi connectivity index (χ2v) is 11.0. The minimum Gasteiger partial charge on any atom is -0.489 e. The van der Waals surface area contributed by atoms with Crippen molar-refractivity contribution >= 4 is 0 Å². The van der Waals surface area contributed by atoms with Crippen molar-refractivity contribution in [1.82, 2.24) is 5.32 Å². The number of aliphatic hydroxyl groups is 1. The highest BCUT2D eigenvalue weighted by Gasteiger charge is 2.54. The van der Waals surface area contributed by atoms with E-state index in [1.54, 1.807) is 5.56 Å². The summed E-state index contributed by atoms with van der Waals surface area (Å²) < 4.78 is 6.39. The largest absolute Gasteiger partial charge is 0.489 e. The Kier molecular flexibility index (Phi) is 6.81. The van der Waals surface area contributed by atoms with Gasteiger partial charge in [0.1, 0.15) is 12.4 Å². The van der Waals surface area contributed by atoms with Gasteiger partial charge in [-0.1, -0.05) is 56.7 Å². The monoisotopic (exact) mass is 447 g/mol. The van der Waals surface area contributed by atoms with Crippen molar-refractivity contribution in [2.24, 2.45) is 17.3 Å². The van der Waals surface area contributed by atoms with Crippen LogP contribution in [0.3, 0.4) is 0 Å². The summed E-state index contributed by atoms with van der Waals surface area (Å²) in [5, 5.41) is 13.0. The second-order valence-electron chi connectivity index (χ2n) is 11.0. The fourth-order valence-electron chi connectivity index (χ4n) is 7.55. The van der Waals surface area contributed by atoms with Gasteiger partial charge in [0, 0.05) is 12.6 Å². The summed E-state index contributed by atoms with van der Waals surface area (Å²) in [6.07, 6.45) is 9.95. The van der Waals surface area contributed by atoms with E-state index < -0.39 is 0 Å². The van der Waals surface area contributed by atoms with Crippen molar-refractivity contribution in [1.29, 1.82) is 0 Å². The molecule has 3 aliphatic carbocycles. The Morgan fingerprint density at radius 2 is 1.94 bits per heavy atom. The van der Waals surface area contributed by atoms with Crippen LogP contribution in [0.15, 0.2) is 42.5 Å². The van der Waals surface area contributed by atoms with Crippen LogP contribution in [-0.4, -0.2) is 24.3 Å². The first-order valence-corrected chi connectivity index (χ1v) is 13.3. The third kappa shape index (κ3) is 4.35. The number of fused-ring (bicyclic) bond motifs is 5. The van der Waals surface area contributed by atoms with Gasteiger partial charge in [0.15, 0.2) is 0 Å². The molecule has 2 saturated carbocycles. The molecule has 0 saturated heterocycles. The van der Waals surface area contributed by atoms with Gasteiger partial charge in [-0.3, -0.25) is 0 Å². The van der Waals surface area contributed by atoms with Crippen LogP contribution in [0.1, 0.15) is 80.5 Å². The van der Waals surface area contributed by atoms with Crippen LogP contribution < -0.4 is 10.1 Å². The first-order valence-electron chi connectivity index (χ1n) is 13.3. The molecule has 33 heavy (non-hydrogen) atoms. The normalized spacial score (nSPS) is 30.4. The molecule has 5 atom stereocenters. The number of hydrogen-bond donors (Lipinski definition) is 2. The number of hydrogen-bond acceptors (Lipinski definition) is 3. The van der Waals surface area contributed by atoms with Gasteiger partial charge in [-0.25, -0.2) is 0 Å². The lowest BCUT2D eigenvalue weighted by Gasteiger charge is -2.51. The Labute approximate surface area is 199 Å². The predicted octanol–water partition coefficient (Wildman–Crippen LogP) is 6.02. The summed E-state index contributed by atoms with van der Waals surface area (Å²) in [7, 11) is 0. The molecule has 5 rings (SSSR count). The highest BCUT2D eigenvalue weighted by atomic mass is 16.5. The fraction of sp³-hybridized carbons (Fsp3) is 0.600. The molecule has 3 heteroatoms. The van der Waals surface area contributed by atoms with Crippen LogP contribution in [-0.2, 0) is 19.4 Å². The van der Waals surface area contributed by atoms with Crippen LogP contribution in [0.25, 0.3) is 0 Å². The first-order chi connectivity index (χ1) is 16.1. The van der Waals surface area contributed by atoms with Crippen molar-refractivity contribution in [3.8, 4) is 5.75 Å². The van der Waals surface area contributed by atoms with E-state index in [0.29, 0.717) is 24.0 Å². The van der Waals surface area contributed by atoms with Crippen molar-refractivity contribution in [3.63, 3.8) is 0 Å². The molecule has 3 nitrogen and oxygen atoms in total. The van der Waals surface area contributed by atoms with Gasteiger partial charge >= 0.3 is 0 Å². The summed E-state index contributed by atoms with van der Waals surface area (Å²) in [6, 6.07) is 16.0. The topological polar surface area (TPSA) is 41.5 Å². The number of aryl methyl sites for hydroxylation is 2. The minimum atomic E-state index is 0.242. The number of ether oxygens (including phenoxy) is 1. The van der Waals surface area contributed by atoms with E-state index in [1.165, 1.54) is 55.2 Å². The van der Waals surface area contributed by atoms with Crippen molar-refractivity contribution in [3.05, 3.63) is 64.7 Å². The lowest BCUT2D eigenvalue weighted by molar-refractivity contribution is 0.0402. The van der Waals surface area contributed by atoms with E-state index in [-0.39, 0.29) is 6.61 Å². The van der Waals surface area contributed by atoms with Gasteiger partial charge in [-0.05, 0) is 96.4 Å². The van der Waals surface area contributed by atoms with Gasteiger partial charge in [-0.15, -0.1) is 0 Å². The average Bonchev–Trinajstić information content (AvgIpc) is 3.18. The van der Waals surface area contributed by atoms with Crippen LogP contribution >= 0.6 is 0 Å². The quantitative estimate of drug-likeness (QED) is 0.519. The summed E-state index contributed by atoms with van der Waals surface area (Å²) >= 11 is 0. The molecule has 0 spiro atoms. The molecule has 178 valence electrons. The Morgan fingerprint density at radius 3 is 2.73 bits per heavy atom. The molecule has 0 amide bonds. The van der Waals surface area contributed by atoms with Crippen molar-refractivity contribution in [2.45, 2.75) is 83.8 Å². The summed E-state index contributed by atoms with van der Waals surface area (Å²) in [6.45, 7) is 6.43. The third-order valence-corrected chi connectivity index (χ3v) is 9.16. The average molecular weight is 448 g/mol. The van der Waals surface area contributed by atoms with Crippen LogP contribution in [0.5, 0.6) is 5.75 Å². The van der Waals surface area contributed by atoms with Crippen molar-refractivity contribution in [2.75, 3.05) is 13.2 Å². The maximum absolute atomic E-state index is 9.33.